The molecule has 0 aromatic carbocycles. The highest BCUT2D eigenvalue weighted by molar-refractivity contribution is 7.09. The highest BCUT2D eigenvalue weighted by atomic mass is 32.1. The number of aromatic nitrogens is 1. The Hall–Kier alpha value is -1.76. The molecule has 0 aliphatic rings. The number of nitrogens with two attached hydrogens (primary N) is 1. The second kappa shape index (κ2) is 5.93. The first kappa shape index (κ1) is 15.6. The summed E-state index contributed by atoms with van der Waals surface area (Å²) in [7, 11) is 0. The van der Waals surface area contributed by atoms with E-state index >= 15 is 0 Å². The number of nitrogen functional groups attached to an aromatic ring is 1. The van der Waals surface area contributed by atoms with Crippen LogP contribution in [-0.2, 0) is 12.7 Å². The normalized spacial score (nSPS) is 11.9. The minimum absolute atomic E-state index is 0.00230. The molecule has 0 aliphatic heterocycles. The molecule has 3 nitrogen and oxygen atoms in total. The van der Waals surface area contributed by atoms with Crippen LogP contribution in [0.4, 0.5) is 24.8 Å². The maximum atomic E-state index is 12.9. The van der Waals surface area contributed by atoms with Crippen molar-refractivity contribution in [3.63, 3.8) is 0 Å². The van der Waals surface area contributed by atoms with Crippen molar-refractivity contribution >= 4 is 23.0 Å². The smallest absolute Gasteiger partial charge is 0.384 e. The molecule has 0 spiro atoms. The largest absolute Gasteiger partial charge is 0.416 e. The van der Waals surface area contributed by atoms with Gasteiger partial charge in [0.25, 0.3) is 0 Å². The third-order valence-corrected chi connectivity index (χ3v) is 3.84. The summed E-state index contributed by atoms with van der Waals surface area (Å²) < 4.78 is 38.7. The van der Waals surface area contributed by atoms with Crippen LogP contribution >= 0.6 is 11.3 Å². The number of hydrogen-bond acceptors (Lipinski definition) is 4. The van der Waals surface area contributed by atoms with Gasteiger partial charge in [0.2, 0.25) is 0 Å². The standard InChI is InChI=1S/C14H16F3N3S/c1-9(2)20(8-11-4-3-5-21-11)13-7-10(14(15,16)17)6-12(18)19-13/h3-7,9H,8H2,1-2H3,(H2,18,19). The number of pyridine rings is 1. The predicted molar refractivity (Wildman–Crippen MR) is 79.3 cm³/mol. The summed E-state index contributed by atoms with van der Waals surface area (Å²) in [6.45, 7) is 4.32. The van der Waals surface area contributed by atoms with Crippen LogP contribution < -0.4 is 10.6 Å². The van der Waals surface area contributed by atoms with E-state index in [1.165, 1.54) is 0 Å². The zero-order chi connectivity index (χ0) is 15.6. The Kier molecular flexibility index (Phi) is 4.41. The molecule has 21 heavy (non-hydrogen) atoms. The van der Waals surface area contributed by atoms with Crippen molar-refractivity contribution in [2.24, 2.45) is 0 Å². The Bertz CT molecular complexity index is 594. The Morgan fingerprint density at radius 2 is 2.05 bits per heavy atom. The second-order valence-electron chi connectivity index (χ2n) is 4.94. The zero-order valence-electron chi connectivity index (χ0n) is 11.7. The topological polar surface area (TPSA) is 42.1 Å². The van der Waals surface area contributed by atoms with Crippen LogP contribution in [0.3, 0.4) is 0 Å². The molecular weight excluding hydrogens is 299 g/mol. The van der Waals surface area contributed by atoms with Crippen LogP contribution in [0.5, 0.6) is 0 Å². The van der Waals surface area contributed by atoms with E-state index in [0.717, 1.165) is 17.0 Å². The summed E-state index contributed by atoms with van der Waals surface area (Å²) in [5.74, 6) is 0.113. The third kappa shape index (κ3) is 3.87. The highest BCUT2D eigenvalue weighted by Crippen LogP contribution is 2.33. The van der Waals surface area contributed by atoms with Gasteiger partial charge in [0.05, 0.1) is 12.1 Å². The monoisotopic (exact) mass is 315 g/mol. The fraction of sp³-hybridized carbons (Fsp3) is 0.357. The highest BCUT2D eigenvalue weighted by Gasteiger charge is 2.32. The van der Waals surface area contributed by atoms with E-state index in [1.54, 1.807) is 16.2 Å². The number of hydrogen-bond donors (Lipinski definition) is 1. The molecule has 114 valence electrons. The molecule has 0 atom stereocenters. The maximum Gasteiger partial charge on any atom is 0.416 e. The lowest BCUT2D eigenvalue weighted by molar-refractivity contribution is -0.137. The lowest BCUT2D eigenvalue weighted by atomic mass is 10.2. The molecule has 7 heteroatoms. The Morgan fingerprint density at radius 3 is 2.57 bits per heavy atom. The molecule has 2 aromatic rings. The molecule has 0 saturated carbocycles. The van der Waals surface area contributed by atoms with Gasteiger partial charge >= 0.3 is 6.18 Å². The van der Waals surface area contributed by atoms with Crippen LogP contribution in [-0.4, -0.2) is 11.0 Å². The SMILES string of the molecule is CC(C)N(Cc1cccs1)c1cc(C(F)(F)F)cc(N)n1. The van der Waals surface area contributed by atoms with Crippen molar-refractivity contribution in [2.45, 2.75) is 32.6 Å². The zero-order valence-corrected chi connectivity index (χ0v) is 12.5. The quantitative estimate of drug-likeness (QED) is 0.921. The fourth-order valence-electron chi connectivity index (χ4n) is 1.95. The van der Waals surface area contributed by atoms with Gasteiger partial charge in [-0.2, -0.15) is 13.2 Å². The van der Waals surface area contributed by atoms with Crippen molar-refractivity contribution in [3.05, 3.63) is 40.1 Å². The van der Waals surface area contributed by atoms with Crippen LogP contribution in [0.15, 0.2) is 29.6 Å². The van der Waals surface area contributed by atoms with Gasteiger partial charge in [0.1, 0.15) is 11.6 Å². The Balaban J connectivity index is 2.38. The molecule has 0 radical (unpaired) electrons. The lowest BCUT2D eigenvalue weighted by Gasteiger charge is -2.28. The molecule has 0 saturated heterocycles. The van der Waals surface area contributed by atoms with Crippen LogP contribution in [0.25, 0.3) is 0 Å². The van der Waals surface area contributed by atoms with Gasteiger partial charge in [-0.1, -0.05) is 6.07 Å². The predicted octanol–water partition coefficient (Wildman–Crippen LogP) is 4.16. The van der Waals surface area contributed by atoms with Crippen molar-refractivity contribution in [3.8, 4) is 0 Å². The first-order valence-corrected chi connectivity index (χ1v) is 7.29. The van der Waals surface area contributed by atoms with Crippen LogP contribution in [0.2, 0.25) is 0 Å². The molecule has 0 aliphatic carbocycles. The molecule has 0 fully saturated rings. The van der Waals surface area contributed by atoms with E-state index in [1.807, 2.05) is 31.4 Å². The average molecular weight is 315 g/mol. The van der Waals surface area contributed by atoms with E-state index in [0.29, 0.717) is 6.54 Å². The van der Waals surface area contributed by atoms with E-state index < -0.39 is 11.7 Å². The summed E-state index contributed by atoms with van der Waals surface area (Å²) >= 11 is 1.55. The van der Waals surface area contributed by atoms with E-state index in [2.05, 4.69) is 4.98 Å². The van der Waals surface area contributed by atoms with E-state index in [-0.39, 0.29) is 17.7 Å². The molecule has 2 heterocycles. The number of rotatable bonds is 4. The summed E-state index contributed by atoms with van der Waals surface area (Å²) in [4.78, 5) is 6.92. The van der Waals surface area contributed by atoms with Gasteiger partial charge < -0.3 is 10.6 Å². The number of thiophene rings is 1. The molecule has 0 bridgehead atoms. The number of halogens is 3. The van der Waals surface area contributed by atoms with Crippen LogP contribution in [0.1, 0.15) is 24.3 Å². The number of nitrogens with zero attached hydrogens (tertiary/aromatic N) is 2. The molecule has 2 N–H and O–H groups in total. The first-order chi connectivity index (χ1) is 9.77. The first-order valence-electron chi connectivity index (χ1n) is 6.41. The molecule has 0 amide bonds. The summed E-state index contributed by atoms with van der Waals surface area (Å²) in [5.41, 5.74) is 4.76. The second-order valence-corrected chi connectivity index (χ2v) is 5.97. The van der Waals surface area contributed by atoms with Crippen molar-refractivity contribution in [2.75, 3.05) is 10.6 Å². The Labute approximate surface area is 125 Å². The van der Waals surface area contributed by atoms with Gasteiger partial charge in [0.15, 0.2) is 0 Å². The number of anilines is 2. The van der Waals surface area contributed by atoms with Gasteiger partial charge in [-0.15, -0.1) is 11.3 Å². The average Bonchev–Trinajstić information content (AvgIpc) is 2.86. The third-order valence-electron chi connectivity index (χ3n) is 2.98. The molecule has 2 aromatic heterocycles. The lowest BCUT2D eigenvalue weighted by Crippen LogP contribution is -2.31. The van der Waals surface area contributed by atoms with Crippen molar-refractivity contribution in [1.82, 2.24) is 4.98 Å². The minimum Gasteiger partial charge on any atom is -0.384 e. The fourth-order valence-corrected chi connectivity index (χ4v) is 2.65. The minimum atomic E-state index is -4.43. The van der Waals surface area contributed by atoms with Crippen molar-refractivity contribution < 1.29 is 13.2 Å². The van der Waals surface area contributed by atoms with Crippen LogP contribution in [0, 0.1) is 0 Å². The Morgan fingerprint density at radius 1 is 1.33 bits per heavy atom. The van der Waals surface area contributed by atoms with Gasteiger partial charge in [0, 0.05) is 10.9 Å². The molecule has 2 rings (SSSR count). The van der Waals surface area contributed by atoms with E-state index in [9.17, 15) is 13.2 Å². The summed E-state index contributed by atoms with van der Waals surface area (Å²) in [6.07, 6.45) is -4.43. The van der Waals surface area contributed by atoms with E-state index in [4.69, 9.17) is 5.73 Å². The molecule has 0 unspecified atom stereocenters. The molecular formula is C14H16F3N3S. The van der Waals surface area contributed by atoms with Gasteiger partial charge in [-0.05, 0) is 37.4 Å². The van der Waals surface area contributed by atoms with Gasteiger partial charge in [-0.25, -0.2) is 4.98 Å². The van der Waals surface area contributed by atoms with Gasteiger partial charge in [-0.3, -0.25) is 0 Å². The maximum absolute atomic E-state index is 12.9. The van der Waals surface area contributed by atoms with Crippen molar-refractivity contribution in [1.29, 1.82) is 0 Å². The summed E-state index contributed by atoms with van der Waals surface area (Å²) in [5, 5.41) is 1.93. The summed E-state index contributed by atoms with van der Waals surface area (Å²) in [6, 6.07) is 5.75. The number of alkyl halides is 3.